The van der Waals surface area contributed by atoms with Crippen LogP contribution in [0.25, 0.3) is 0 Å². The topological polar surface area (TPSA) is 99.5 Å². The standard InChI is InChI=1S/C12H13NO4.C12H17NO2.ClH/c14-11-8-17-7-10(12(15)16)13(11)6-9-4-2-1-3-5-9;14-9-12-10-15-7-6-13(12)8-11-4-2-1-3-5-11;/h1-5,10H,6-8H2,(H,15,16);1-5,12,14H,6-10H2;1H/t10-;12-;/m01./s1. The maximum atomic E-state index is 11.7. The molecule has 0 aromatic heterocycles. The van der Waals surface area contributed by atoms with Gasteiger partial charge in [0, 0.05) is 19.6 Å². The monoisotopic (exact) mass is 478 g/mol. The molecule has 33 heavy (non-hydrogen) atoms. The number of aliphatic hydroxyl groups is 1. The summed E-state index contributed by atoms with van der Waals surface area (Å²) in [7, 11) is 0. The number of benzene rings is 2. The highest BCUT2D eigenvalue weighted by Crippen LogP contribution is 2.14. The van der Waals surface area contributed by atoms with Gasteiger partial charge in [0.2, 0.25) is 5.91 Å². The van der Waals surface area contributed by atoms with Crippen molar-refractivity contribution in [1.82, 2.24) is 9.80 Å². The molecular weight excluding hydrogens is 448 g/mol. The molecule has 0 spiro atoms. The molecule has 2 fully saturated rings. The lowest BCUT2D eigenvalue weighted by Crippen LogP contribution is -2.52. The van der Waals surface area contributed by atoms with Crippen molar-refractivity contribution < 1.29 is 29.3 Å². The molecule has 1 amide bonds. The molecule has 180 valence electrons. The van der Waals surface area contributed by atoms with E-state index in [-0.39, 0.29) is 44.2 Å². The fraction of sp³-hybridized carbons (Fsp3) is 0.417. The summed E-state index contributed by atoms with van der Waals surface area (Å²) >= 11 is 0. The highest BCUT2D eigenvalue weighted by molar-refractivity contribution is 5.85. The normalized spacial score (nSPS) is 20.9. The van der Waals surface area contributed by atoms with Gasteiger partial charge in [-0.05, 0) is 11.1 Å². The van der Waals surface area contributed by atoms with Gasteiger partial charge in [-0.2, -0.15) is 0 Å². The zero-order valence-electron chi connectivity index (χ0n) is 18.4. The first-order chi connectivity index (χ1) is 15.6. The summed E-state index contributed by atoms with van der Waals surface area (Å²) in [6, 6.07) is 18.9. The smallest absolute Gasteiger partial charge is 0.328 e. The van der Waals surface area contributed by atoms with Crippen LogP contribution < -0.4 is 0 Å². The summed E-state index contributed by atoms with van der Waals surface area (Å²) in [6.45, 7) is 3.69. The second-order valence-corrected chi connectivity index (χ2v) is 7.74. The van der Waals surface area contributed by atoms with E-state index >= 15 is 0 Å². The number of aliphatic hydroxyl groups excluding tert-OH is 1. The fourth-order valence-corrected chi connectivity index (χ4v) is 3.67. The SMILES string of the molecule is Cl.O=C(O)[C@@H]1COCC(=O)N1Cc1ccccc1.OC[C@@H]1COCCN1Cc1ccccc1. The maximum absolute atomic E-state index is 11.7. The molecule has 2 aromatic carbocycles. The molecule has 0 bridgehead atoms. The highest BCUT2D eigenvalue weighted by Gasteiger charge is 2.33. The lowest BCUT2D eigenvalue weighted by Gasteiger charge is -2.34. The lowest BCUT2D eigenvalue weighted by molar-refractivity contribution is -0.163. The van der Waals surface area contributed by atoms with Crippen LogP contribution in [0.4, 0.5) is 0 Å². The zero-order valence-corrected chi connectivity index (χ0v) is 19.2. The quantitative estimate of drug-likeness (QED) is 0.653. The summed E-state index contributed by atoms with van der Waals surface area (Å²) in [5, 5.41) is 18.2. The van der Waals surface area contributed by atoms with Crippen LogP contribution in [0, 0.1) is 0 Å². The Labute approximate surface area is 200 Å². The summed E-state index contributed by atoms with van der Waals surface area (Å²) in [5.41, 5.74) is 2.20. The van der Waals surface area contributed by atoms with Gasteiger partial charge in [0.05, 0.1) is 32.5 Å². The van der Waals surface area contributed by atoms with Crippen molar-refractivity contribution in [3.63, 3.8) is 0 Å². The second-order valence-electron chi connectivity index (χ2n) is 7.74. The summed E-state index contributed by atoms with van der Waals surface area (Å²) < 4.78 is 10.3. The van der Waals surface area contributed by atoms with E-state index in [1.54, 1.807) is 0 Å². The molecule has 4 rings (SSSR count). The number of rotatable bonds is 6. The van der Waals surface area contributed by atoms with Crippen LogP contribution >= 0.6 is 12.4 Å². The van der Waals surface area contributed by atoms with Crippen molar-refractivity contribution in [1.29, 1.82) is 0 Å². The van der Waals surface area contributed by atoms with E-state index in [2.05, 4.69) is 17.0 Å². The average molecular weight is 479 g/mol. The maximum Gasteiger partial charge on any atom is 0.328 e. The molecule has 2 saturated heterocycles. The van der Waals surface area contributed by atoms with Gasteiger partial charge >= 0.3 is 5.97 Å². The zero-order chi connectivity index (χ0) is 22.8. The van der Waals surface area contributed by atoms with E-state index < -0.39 is 12.0 Å². The average Bonchev–Trinajstić information content (AvgIpc) is 2.82. The fourth-order valence-electron chi connectivity index (χ4n) is 3.67. The van der Waals surface area contributed by atoms with Gasteiger partial charge < -0.3 is 24.6 Å². The first kappa shape index (κ1) is 26.8. The van der Waals surface area contributed by atoms with Crippen LogP contribution in [-0.2, 0) is 32.2 Å². The molecule has 2 aromatic rings. The Balaban J connectivity index is 0.000000228. The Kier molecular flexibility index (Phi) is 11.3. The number of amides is 1. The Bertz CT molecular complexity index is 855. The number of aliphatic carboxylic acids is 1. The number of hydrogen-bond acceptors (Lipinski definition) is 6. The third-order valence-corrected chi connectivity index (χ3v) is 5.47. The predicted octanol–water partition coefficient (Wildman–Crippen LogP) is 1.80. The minimum atomic E-state index is -1.03. The third kappa shape index (κ3) is 8.10. The van der Waals surface area contributed by atoms with Crippen LogP contribution in [0.15, 0.2) is 60.7 Å². The largest absolute Gasteiger partial charge is 0.480 e. The number of morpholine rings is 2. The van der Waals surface area contributed by atoms with Gasteiger partial charge in [0.15, 0.2) is 6.04 Å². The first-order valence-corrected chi connectivity index (χ1v) is 10.7. The van der Waals surface area contributed by atoms with Gasteiger partial charge in [-0.25, -0.2) is 4.79 Å². The van der Waals surface area contributed by atoms with Crippen molar-refractivity contribution >= 4 is 24.3 Å². The Morgan fingerprint density at radius 1 is 0.939 bits per heavy atom. The van der Waals surface area contributed by atoms with Crippen molar-refractivity contribution in [2.24, 2.45) is 0 Å². The Hall–Kier alpha value is -2.49. The summed E-state index contributed by atoms with van der Waals surface area (Å²) in [5.74, 6) is -1.32. The van der Waals surface area contributed by atoms with Gasteiger partial charge in [-0.1, -0.05) is 60.7 Å². The van der Waals surface area contributed by atoms with Crippen molar-refractivity contribution in [2.45, 2.75) is 25.2 Å². The Morgan fingerprint density at radius 3 is 2.12 bits per heavy atom. The van der Waals surface area contributed by atoms with E-state index in [4.69, 9.17) is 14.6 Å². The third-order valence-electron chi connectivity index (χ3n) is 5.47. The van der Waals surface area contributed by atoms with E-state index in [0.29, 0.717) is 13.2 Å². The molecule has 0 saturated carbocycles. The second kappa shape index (κ2) is 13.9. The first-order valence-electron chi connectivity index (χ1n) is 10.7. The molecule has 2 N–H and O–H groups in total. The molecule has 2 aliphatic rings. The number of hydrogen-bond donors (Lipinski definition) is 2. The number of carboxylic acid groups (broad SMARTS) is 1. The van der Waals surface area contributed by atoms with Crippen molar-refractivity contribution in [3.05, 3.63) is 71.8 Å². The molecule has 0 unspecified atom stereocenters. The molecule has 2 atom stereocenters. The number of halogens is 1. The molecule has 8 nitrogen and oxygen atoms in total. The number of carboxylic acids is 1. The van der Waals surface area contributed by atoms with Gasteiger partial charge in [-0.15, -0.1) is 12.4 Å². The van der Waals surface area contributed by atoms with Gasteiger partial charge in [0.1, 0.15) is 6.61 Å². The molecule has 2 heterocycles. The predicted molar refractivity (Wildman–Crippen MR) is 125 cm³/mol. The van der Waals surface area contributed by atoms with E-state index in [9.17, 15) is 14.7 Å². The summed E-state index contributed by atoms with van der Waals surface area (Å²) in [4.78, 5) is 26.3. The van der Waals surface area contributed by atoms with Crippen LogP contribution in [0.2, 0.25) is 0 Å². The van der Waals surface area contributed by atoms with Crippen molar-refractivity contribution in [2.75, 3.05) is 39.6 Å². The van der Waals surface area contributed by atoms with E-state index in [1.165, 1.54) is 10.5 Å². The molecular formula is C24H31ClN2O6. The van der Waals surface area contributed by atoms with Crippen LogP contribution in [0.5, 0.6) is 0 Å². The van der Waals surface area contributed by atoms with Crippen LogP contribution in [-0.4, -0.2) is 83.6 Å². The van der Waals surface area contributed by atoms with Gasteiger partial charge in [0.25, 0.3) is 0 Å². The molecule has 0 radical (unpaired) electrons. The minimum Gasteiger partial charge on any atom is -0.480 e. The van der Waals surface area contributed by atoms with Crippen LogP contribution in [0.1, 0.15) is 11.1 Å². The number of ether oxygens (including phenoxy) is 2. The number of nitrogens with zero attached hydrogens (tertiary/aromatic N) is 2. The molecule has 0 aliphatic carbocycles. The Morgan fingerprint density at radius 2 is 1.55 bits per heavy atom. The lowest BCUT2D eigenvalue weighted by atomic mass is 10.1. The van der Waals surface area contributed by atoms with E-state index in [0.717, 1.165) is 25.3 Å². The molecule has 2 aliphatic heterocycles. The number of carbonyl (C=O) groups excluding carboxylic acids is 1. The number of carbonyl (C=O) groups is 2. The summed E-state index contributed by atoms with van der Waals surface area (Å²) in [6.07, 6.45) is 0. The van der Waals surface area contributed by atoms with Crippen molar-refractivity contribution in [3.8, 4) is 0 Å². The highest BCUT2D eigenvalue weighted by atomic mass is 35.5. The molecule has 9 heteroatoms. The van der Waals surface area contributed by atoms with Crippen LogP contribution in [0.3, 0.4) is 0 Å². The van der Waals surface area contributed by atoms with Gasteiger partial charge in [-0.3, -0.25) is 9.69 Å². The van der Waals surface area contributed by atoms with E-state index in [1.807, 2.05) is 48.5 Å². The minimum absolute atomic E-state index is 0.